The minimum Gasteiger partial charge on any atom is -0.490 e. The fourth-order valence-corrected chi connectivity index (χ4v) is 1.07. The fraction of sp³-hybridized carbons (Fsp3) is 0.500. The van der Waals surface area contributed by atoms with Crippen molar-refractivity contribution in [3.8, 4) is 5.75 Å². The molecule has 90 valence electrons. The molecule has 0 aromatic heterocycles. The lowest BCUT2D eigenvalue weighted by Crippen LogP contribution is -2.18. The second-order valence-corrected chi connectivity index (χ2v) is 4.09. The first-order chi connectivity index (χ1) is 7.30. The minimum atomic E-state index is -4.29. The SMILES string of the molecule is CC(C)C(C)Oc1ccc(C(F)(F)F)cc1. The van der Waals surface area contributed by atoms with Crippen molar-refractivity contribution in [2.24, 2.45) is 5.92 Å². The van der Waals surface area contributed by atoms with Gasteiger partial charge in [-0.3, -0.25) is 0 Å². The lowest BCUT2D eigenvalue weighted by molar-refractivity contribution is -0.137. The van der Waals surface area contributed by atoms with Crippen LogP contribution in [0, 0.1) is 5.92 Å². The van der Waals surface area contributed by atoms with E-state index in [1.807, 2.05) is 20.8 Å². The first kappa shape index (κ1) is 12.9. The summed E-state index contributed by atoms with van der Waals surface area (Å²) in [7, 11) is 0. The maximum Gasteiger partial charge on any atom is 0.416 e. The molecule has 0 saturated heterocycles. The molecule has 1 rings (SSSR count). The van der Waals surface area contributed by atoms with Gasteiger partial charge in [-0.1, -0.05) is 13.8 Å². The zero-order valence-corrected chi connectivity index (χ0v) is 9.51. The van der Waals surface area contributed by atoms with Gasteiger partial charge in [-0.25, -0.2) is 0 Å². The van der Waals surface area contributed by atoms with Crippen molar-refractivity contribution >= 4 is 0 Å². The van der Waals surface area contributed by atoms with Crippen LogP contribution in [0.3, 0.4) is 0 Å². The van der Waals surface area contributed by atoms with E-state index in [1.54, 1.807) is 0 Å². The molecule has 0 heterocycles. The van der Waals surface area contributed by atoms with Gasteiger partial charge in [0, 0.05) is 0 Å². The zero-order chi connectivity index (χ0) is 12.3. The molecule has 4 heteroatoms. The fourth-order valence-electron chi connectivity index (χ4n) is 1.07. The van der Waals surface area contributed by atoms with Crippen LogP contribution in [0.2, 0.25) is 0 Å². The predicted molar refractivity (Wildman–Crippen MR) is 56.4 cm³/mol. The van der Waals surface area contributed by atoms with Crippen LogP contribution in [0.1, 0.15) is 26.3 Å². The topological polar surface area (TPSA) is 9.23 Å². The molecule has 0 saturated carbocycles. The van der Waals surface area contributed by atoms with Crippen LogP contribution in [0.25, 0.3) is 0 Å². The third-order valence-corrected chi connectivity index (χ3v) is 2.44. The van der Waals surface area contributed by atoms with Crippen LogP contribution in [0.15, 0.2) is 24.3 Å². The van der Waals surface area contributed by atoms with Crippen LogP contribution in [-0.2, 0) is 6.18 Å². The van der Waals surface area contributed by atoms with Gasteiger partial charge >= 0.3 is 6.18 Å². The Labute approximate surface area is 93.2 Å². The molecule has 0 amide bonds. The van der Waals surface area contributed by atoms with Crippen LogP contribution < -0.4 is 4.74 Å². The van der Waals surface area contributed by atoms with Crippen LogP contribution >= 0.6 is 0 Å². The molecule has 1 aromatic rings. The van der Waals surface area contributed by atoms with E-state index in [0.717, 1.165) is 12.1 Å². The first-order valence-corrected chi connectivity index (χ1v) is 5.14. The van der Waals surface area contributed by atoms with E-state index < -0.39 is 11.7 Å². The van der Waals surface area contributed by atoms with Gasteiger partial charge < -0.3 is 4.74 Å². The second kappa shape index (κ2) is 4.76. The molecular formula is C12H15F3O. The highest BCUT2D eigenvalue weighted by Crippen LogP contribution is 2.30. The van der Waals surface area contributed by atoms with Crippen molar-refractivity contribution in [1.29, 1.82) is 0 Å². The number of hydrogen-bond donors (Lipinski definition) is 0. The zero-order valence-electron chi connectivity index (χ0n) is 9.51. The molecule has 0 spiro atoms. The Kier molecular flexibility index (Phi) is 3.83. The molecule has 0 radical (unpaired) electrons. The molecule has 0 aliphatic rings. The Bertz CT molecular complexity index is 327. The van der Waals surface area contributed by atoms with Crippen molar-refractivity contribution in [2.75, 3.05) is 0 Å². The molecule has 0 aliphatic heterocycles. The van der Waals surface area contributed by atoms with Gasteiger partial charge in [0.25, 0.3) is 0 Å². The summed E-state index contributed by atoms with van der Waals surface area (Å²) in [5, 5.41) is 0. The minimum absolute atomic E-state index is 0.0169. The first-order valence-electron chi connectivity index (χ1n) is 5.14. The van der Waals surface area contributed by atoms with Gasteiger partial charge in [0.2, 0.25) is 0 Å². The smallest absolute Gasteiger partial charge is 0.416 e. The van der Waals surface area contributed by atoms with Crippen molar-refractivity contribution in [3.63, 3.8) is 0 Å². The molecule has 1 aromatic carbocycles. The van der Waals surface area contributed by atoms with Gasteiger partial charge in [0.05, 0.1) is 11.7 Å². The maximum atomic E-state index is 12.3. The van der Waals surface area contributed by atoms with Crippen LogP contribution in [0.5, 0.6) is 5.75 Å². The highest BCUT2D eigenvalue weighted by atomic mass is 19.4. The summed E-state index contributed by atoms with van der Waals surface area (Å²) in [4.78, 5) is 0. The average Bonchev–Trinajstić information content (AvgIpc) is 2.17. The molecule has 0 aliphatic carbocycles. The molecule has 1 atom stereocenters. The van der Waals surface area contributed by atoms with E-state index in [4.69, 9.17) is 4.74 Å². The van der Waals surface area contributed by atoms with Gasteiger partial charge in [-0.15, -0.1) is 0 Å². The van der Waals surface area contributed by atoms with Gasteiger partial charge in [-0.05, 0) is 37.1 Å². The Morgan fingerprint density at radius 2 is 1.50 bits per heavy atom. The Morgan fingerprint density at radius 1 is 1.00 bits per heavy atom. The number of halogens is 3. The average molecular weight is 232 g/mol. The van der Waals surface area contributed by atoms with Crippen molar-refractivity contribution in [2.45, 2.75) is 33.1 Å². The van der Waals surface area contributed by atoms with Gasteiger partial charge in [0.1, 0.15) is 5.75 Å². The summed E-state index contributed by atoms with van der Waals surface area (Å²) >= 11 is 0. The molecule has 16 heavy (non-hydrogen) atoms. The quantitative estimate of drug-likeness (QED) is 0.761. The van der Waals surface area contributed by atoms with Gasteiger partial charge in [-0.2, -0.15) is 13.2 Å². The lowest BCUT2D eigenvalue weighted by Gasteiger charge is -2.18. The lowest BCUT2D eigenvalue weighted by atomic mass is 10.1. The third-order valence-electron chi connectivity index (χ3n) is 2.44. The highest BCUT2D eigenvalue weighted by molar-refractivity contribution is 5.28. The van der Waals surface area contributed by atoms with Crippen LogP contribution in [-0.4, -0.2) is 6.10 Å². The number of rotatable bonds is 3. The molecule has 0 fully saturated rings. The summed E-state index contributed by atoms with van der Waals surface area (Å²) in [6, 6.07) is 4.76. The number of benzene rings is 1. The van der Waals surface area contributed by atoms with Crippen molar-refractivity contribution < 1.29 is 17.9 Å². The monoisotopic (exact) mass is 232 g/mol. The molecular weight excluding hydrogens is 217 g/mol. The Hall–Kier alpha value is -1.19. The summed E-state index contributed by atoms with van der Waals surface area (Å²) < 4.78 is 42.3. The van der Waals surface area contributed by atoms with E-state index in [1.165, 1.54) is 12.1 Å². The second-order valence-electron chi connectivity index (χ2n) is 4.09. The van der Waals surface area contributed by atoms with E-state index >= 15 is 0 Å². The van der Waals surface area contributed by atoms with E-state index in [-0.39, 0.29) is 6.10 Å². The largest absolute Gasteiger partial charge is 0.490 e. The summed E-state index contributed by atoms with van der Waals surface area (Å²) in [6.07, 6.45) is -4.31. The maximum absolute atomic E-state index is 12.3. The predicted octanol–water partition coefficient (Wildman–Crippen LogP) is 4.13. The number of alkyl halides is 3. The van der Waals surface area contributed by atoms with Crippen molar-refractivity contribution in [3.05, 3.63) is 29.8 Å². The molecule has 0 N–H and O–H groups in total. The third kappa shape index (κ3) is 3.43. The summed E-state index contributed by atoms with van der Waals surface area (Å²) in [6.45, 7) is 5.88. The Balaban J connectivity index is 2.72. The molecule has 1 unspecified atom stereocenters. The highest BCUT2D eigenvalue weighted by Gasteiger charge is 2.30. The molecule has 0 bridgehead atoms. The normalized spacial score (nSPS) is 13.9. The Morgan fingerprint density at radius 3 is 1.88 bits per heavy atom. The summed E-state index contributed by atoms with van der Waals surface area (Å²) in [5.74, 6) is 0.788. The standard InChI is InChI=1S/C12H15F3O/c1-8(2)9(3)16-11-6-4-10(5-7-11)12(13,14)15/h4-9H,1-3H3. The van der Waals surface area contributed by atoms with E-state index in [0.29, 0.717) is 11.7 Å². The van der Waals surface area contributed by atoms with E-state index in [9.17, 15) is 13.2 Å². The molecule has 1 nitrogen and oxygen atoms in total. The number of ether oxygens (including phenoxy) is 1. The van der Waals surface area contributed by atoms with E-state index in [2.05, 4.69) is 0 Å². The number of hydrogen-bond acceptors (Lipinski definition) is 1. The van der Waals surface area contributed by atoms with Gasteiger partial charge in [0.15, 0.2) is 0 Å². The van der Waals surface area contributed by atoms with Crippen molar-refractivity contribution in [1.82, 2.24) is 0 Å². The van der Waals surface area contributed by atoms with Crippen LogP contribution in [0.4, 0.5) is 13.2 Å². The summed E-state index contributed by atoms with van der Waals surface area (Å²) in [5.41, 5.74) is -0.656.